The number of methoxy groups -OCH3 is 1. The van der Waals surface area contributed by atoms with Crippen molar-refractivity contribution in [2.75, 3.05) is 14.2 Å². The lowest BCUT2D eigenvalue weighted by Gasteiger charge is -2.25. The minimum Gasteiger partial charge on any atom is -0.468 e. The molecule has 1 unspecified atom stereocenters. The molecule has 0 fully saturated rings. The van der Waals surface area contributed by atoms with E-state index < -0.39 is 0 Å². The van der Waals surface area contributed by atoms with Gasteiger partial charge in [0.05, 0.1) is 7.11 Å². The second kappa shape index (κ2) is 8.18. The number of ether oxygens (including phenoxy) is 1. The number of carbonyl (C=O) groups is 1. The van der Waals surface area contributed by atoms with E-state index in [4.69, 9.17) is 16.3 Å². The highest BCUT2D eigenvalue weighted by Crippen LogP contribution is 2.15. The molecule has 0 heterocycles. The molecular weight excluding hydrogens is 262 g/mol. The molecular formula is C15H22ClNO2. The third-order valence-electron chi connectivity index (χ3n) is 3.18. The molecule has 3 nitrogen and oxygen atoms in total. The summed E-state index contributed by atoms with van der Waals surface area (Å²) in [7, 11) is 3.39. The van der Waals surface area contributed by atoms with Crippen LogP contribution in [-0.4, -0.2) is 31.1 Å². The first-order valence-corrected chi connectivity index (χ1v) is 6.98. The van der Waals surface area contributed by atoms with Crippen molar-refractivity contribution in [3.05, 3.63) is 34.9 Å². The number of unbranched alkanes of at least 4 members (excludes halogenated alkanes) is 1. The Bertz CT molecular complexity index is 392. The Morgan fingerprint density at radius 3 is 2.53 bits per heavy atom. The monoisotopic (exact) mass is 283 g/mol. The van der Waals surface area contributed by atoms with Gasteiger partial charge >= 0.3 is 5.97 Å². The summed E-state index contributed by atoms with van der Waals surface area (Å²) in [4.78, 5) is 13.9. The summed E-state index contributed by atoms with van der Waals surface area (Å²) in [6.45, 7) is 2.83. The van der Waals surface area contributed by atoms with E-state index in [2.05, 4.69) is 6.92 Å². The molecule has 1 aromatic carbocycles. The highest BCUT2D eigenvalue weighted by molar-refractivity contribution is 6.30. The maximum absolute atomic E-state index is 11.8. The maximum atomic E-state index is 11.8. The van der Waals surface area contributed by atoms with E-state index in [0.717, 1.165) is 29.8 Å². The summed E-state index contributed by atoms with van der Waals surface area (Å²) in [5.41, 5.74) is 1.14. The average molecular weight is 284 g/mol. The standard InChI is InChI=1S/C15H22ClNO2/c1-4-5-6-14(15(18)19-3)17(2)11-12-7-9-13(16)10-8-12/h7-10,14H,4-6,11H2,1-3H3. The zero-order valence-corrected chi connectivity index (χ0v) is 12.6. The summed E-state index contributed by atoms with van der Waals surface area (Å²) < 4.78 is 4.89. The molecule has 0 spiro atoms. The second-order valence-electron chi connectivity index (χ2n) is 4.72. The Balaban J connectivity index is 2.67. The van der Waals surface area contributed by atoms with Gasteiger partial charge in [0.25, 0.3) is 0 Å². The molecule has 0 aliphatic carbocycles. The Morgan fingerprint density at radius 1 is 1.37 bits per heavy atom. The van der Waals surface area contributed by atoms with Crippen LogP contribution in [0.5, 0.6) is 0 Å². The molecule has 0 saturated heterocycles. The fraction of sp³-hybridized carbons (Fsp3) is 0.533. The number of hydrogen-bond donors (Lipinski definition) is 0. The zero-order valence-electron chi connectivity index (χ0n) is 11.9. The molecule has 19 heavy (non-hydrogen) atoms. The van der Waals surface area contributed by atoms with Crippen molar-refractivity contribution >= 4 is 17.6 Å². The first-order chi connectivity index (χ1) is 9.08. The minimum absolute atomic E-state index is 0.162. The van der Waals surface area contributed by atoms with Gasteiger partial charge in [-0.3, -0.25) is 9.69 Å². The molecule has 1 rings (SSSR count). The van der Waals surface area contributed by atoms with E-state index in [0.29, 0.717) is 6.54 Å². The fourth-order valence-corrected chi connectivity index (χ4v) is 2.17. The van der Waals surface area contributed by atoms with E-state index in [9.17, 15) is 4.79 Å². The van der Waals surface area contributed by atoms with Crippen molar-refractivity contribution in [1.29, 1.82) is 0 Å². The number of esters is 1. The lowest BCUT2D eigenvalue weighted by Crippen LogP contribution is -2.38. The Kier molecular flexibility index (Phi) is 6.89. The normalized spacial score (nSPS) is 12.5. The first-order valence-electron chi connectivity index (χ1n) is 6.61. The number of carbonyl (C=O) groups excluding carboxylic acids is 1. The quantitative estimate of drug-likeness (QED) is 0.717. The number of nitrogens with zero attached hydrogens (tertiary/aromatic N) is 1. The van der Waals surface area contributed by atoms with Gasteiger partial charge in [-0.25, -0.2) is 0 Å². The lowest BCUT2D eigenvalue weighted by molar-refractivity contribution is -0.147. The van der Waals surface area contributed by atoms with Crippen LogP contribution in [-0.2, 0) is 16.1 Å². The van der Waals surface area contributed by atoms with Crippen molar-refractivity contribution in [1.82, 2.24) is 4.90 Å². The molecule has 0 N–H and O–H groups in total. The third-order valence-corrected chi connectivity index (χ3v) is 3.43. The molecule has 0 aliphatic heterocycles. The number of halogens is 1. The number of benzene rings is 1. The SMILES string of the molecule is CCCCC(C(=O)OC)N(C)Cc1ccc(Cl)cc1. The van der Waals surface area contributed by atoms with Gasteiger partial charge in [-0.1, -0.05) is 43.5 Å². The van der Waals surface area contributed by atoms with Crippen molar-refractivity contribution in [3.63, 3.8) is 0 Å². The maximum Gasteiger partial charge on any atom is 0.323 e. The van der Waals surface area contributed by atoms with Crippen LogP contribution in [0.2, 0.25) is 5.02 Å². The summed E-state index contributed by atoms with van der Waals surface area (Å²) in [6, 6.07) is 7.51. The van der Waals surface area contributed by atoms with Crippen molar-refractivity contribution in [2.24, 2.45) is 0 Å². The molecule has 0 radical (unpaired) electrons. The van der Waals surface area contributed by atoms with E-state index in [1.165, 1.54) is 7.11 Å². The minimum atomic E-state index is -0.180. The summed E-state index contributed by atoms with van der Waals surface area (Å²) in [5, 5.41) is 0.724. The molecule has 0 bridgehead atoms. The summed E-state index contributed by atoms with van der Waals surface area (Å²) >= 11 is 5.86. The molecule has 0 aromatic heterocycles. The van der Waals surface area contributed by atoms with E-state index in [-0.39, 0.29) is 12.0 Å². The lowest BCUT2D eigenvalue weighted by atomic mass is 10.1. The van der Waals surface area contributed by atoms with Crippen molar-refractivity contribution in [3.8, 4) is 0 Å². The summed E-state index contributed by atoms with van der Waals surface area (Å²) in [6.07, 6.45) is 2.92. The van der Waals surface area contributed by atoms with Gasteiger partial charge in [-0.05, 0) is 31.2 Å². The molecule has 106 valence electrons. The first kappa shape index (κ1) is 16.0. The van der Waals surface area contributed by atoms with Crippen LogP contribution in [0, 0.1) is 0 Å². The fourth-order valence-electron chi connectivity index (χ4n) is 2.04. The zero-order chi connectivity index (χ0) is 14.3. The van der Waals surface area contributed by atoms with E-state index in [1.807, 2.05) is 36.2 Å². The van der Waals surface area contributed by atoms with Gasteiger partial charge in [-0.15, -0.1) is 0 Å². The van der Waals surface area contributed by atoms with Crippen molar-refractivity contribution < 1.29 is 9.53 Å². The number of rotatable bonds is 7. The topological polar surface area (TPSA) is 29.5 Å². The largest absolute Gasteiger partial charge is 0.468 e. The highest BCUT2D eigenvalue weighted by Gasteiger charge is 2.23. The van der Waals surface area contributed by atoms with Crippen molar-refractivity contribution in [2.45, 2.75) is 38.8 Å². The molecule has 4 heteroatoms. The predicted molar refractivity (Wildman–Crippen MR) is 78.2 cm³/mol. The van der Waals surface area contributed by atoms with Gasteiger partial charge in [0, 0.05) is 11.6 Å². The molecule has 0 aliphatic rings. The Morgan fingerprint density at radius 2 is 2.00 bits per heavy atom. The van der Waals surface area contributed by atoms with Crippen LogP contribution < -0.4 is 0 Å². The summed E-state index contributed by atoms with van der Waals surface area (Å²) in [5.74, 6) is -0.162. The Hall–Kier alpha value is -1.06. The van der Waals surface area contributed by atoms with Gasteiger partial charge in [0.1, 0.15) is 6.04 Å². The second-order valence-corrected chi connectivity index (χ2v) is 5.16. The molecule has 1 aromatic rings. The van der Waals surface area contributed by atoms with Crippen LogP contribution in [0.4, 0.5) is 0 Å². The molecule has 1 atom stereocenters. The van der Waals surface area contributed by atoms with Crippen LogP contribution in [0.15, 0.2) is 24.3 Å². The third kappa shape index (κ3) is 5.21. The van der Waals surface area contributed by atoms with E-state index >= 15 is 0 Å². The molecule has 0 amide bonds. The smallest absolute Gasteiger partial charge is 0.323 e. The van der Waals surface area contributed by atoms with Crippen LogP contribution in [0.25, 0.3) is 0 Å². The van der Waals surface area contributed by atoms with E-state index in [1.54, 1.807) is 0 Å². The highest BCUT2D eigenvalue weighted by atomic mass is 35.5. The van der Waals surface area contributed by atoms with Crippen LogP contribution >= 0.6 is 11.6 Å². The van der Waals surface area contributed by atoms with Gasteiger partial charge in [-0.2, -0.15) is 0 Å². The number of likely N-dealkylation sites (N-methyl/N-ethyl adjacent to an activating group) is 1. The van der Waals surface area contributed by atoms with Gasteiger partial charge < -0.3 is 4.74 Å². The van der Waals surface area contributed by atoms with Crippen LogP contribution in [0.3, 0.4) is 0 Å². The number of hydrogen-bond acceptors (Lipinski definition) is 3. The van der Waals surface area contributed by atoms with Gasteiger partial charge in [0.15, 0.2) is 0 Å². The predicted octanol–water partition coefficient (Wildman–Crippen LogP) is 3.50. The Labute approximate surface area is 120 Å². The average Bonchev–Trinajstić information content (AvgIpc) is 2.41. The van der Waals surface area contributed by atoms with Gasteiger partial charge in [0.2, 0.25) is 0 Å². The molecule has 0 saturated carbocycles. The van der Waals surface area contributed by atoms with Crippen LogP contribution in [0.1, 0.15) is 31.7 Å².